The summed E-state index contributed by atoms with van der Waals surface area (Å²) in [7, 11) is 1.64. The number of benzene rings is 1. The molecule has 0 unspecified atom stereocenters. The predicted molar refractivity (Wildman–Crippen MR) is 91.1 cm³/mol. The minimum Gasteiger partial charge on any atom is -0.497 e. The van der Waals surface area contributed by atoms with E-state index in [0.29, 0.717) is 10.0 Å². The number of carbonyl (C=O) groups is 1. The fraction of sp³-hybridized carbons (Fsp3) is 0.125. The van der Waals surface area contributed by atoms with E-state index in [9.17, 15) is 4.79 Å². The van der Waals surface area contributed by atoms with Crippen molar-refractivity contribution in [1.82, 2.24) is 4.98 Å². The minimum atomic E-state index is -0.120. The van der Waals surface area contributed by atoms with E-state index in [0.717, 1.165) is 21.9 Å². The maximum Gasteiger partial charge on any atom is 0.267 e. The third kappa shape index (κ3) is 3.03. The number of aromatic nitrogens is 1. The van der Waals surface area contributed by atoms with Gasteiger partial charge in [-0.05, 0) is 42.6 Å². The van der Waals surface area contributed by atoms with E-state index in [1.54, 1.807) is 13.2 Å². The second-order valence-electron chi connectivity index (χ2n) is 4.58. The summed E-state index contributed by atoms with van der Waals surface area (Å²) in [5.74, 6) is 0.688. The fourth-order valence-electron chi connectivity index (χ4n) is 2.03. The Morgan fingerprint density at radius 3 is 2.64 bits per heavy atom. The van der Waals surface area contributed by atoms with Crippen LogP contribution in [0.15, 0.2) is 41.8 Å². The first kappa shape index (κ1) is 14.7. The van der Waals surface area contributed by atoms with Crippen LogP contribution in [-0.4, -0.2) is 18.0 Å². The Morgan fingerprint density at radius 2 is 2.00 bits per heavy atom. The van der Waals surface area contributed by atoms with Gasteiger partial charge in [0.1, 0.15) is 5.75 Å². The number of methoxy groups -OCH3 is 1. The van der Waals surface area contributed by atoms with Gasteiger partial charge in [-0.25, -0.2) is 4.98 Å². The van der Waals surface area contributed by atoms with Crippen molar-refractivity contribution in [1.29, 1.82) is 0 Å². The molecule has 0 aliphatic carbocycles. The van der Waals surface area contributed by atoms with E-state index in [4.69, 9.17) is 4.74 Å². The van der Waals surface area contributed by atoms with Gasteiger partial charge >= 0.3 is 0 Å². The molecular formula is C16H14N2O2S2. The van der Waals surface area contributed by atoms with Crippen LogP contribution in [0.5, 0.6) is 5.75 Å². The quantitative estimate of drug-likeness (QED) is 0.769. The highest BCUT2D eigenvalue weighted by molar-refractivity contribution is 7.16. The van der Waals surface area contributed by atoms with Crippen LogP contribution in [0, 0.1) is 6.92 Å². The standard InChI is InChI=1S/C16H14N2O2S2/c1-10-14(11-5-7-12(20-2)8-6-11)17-16(22-10)18-15(19)13-4-3-9-21-13/h3-9H,1-2H3,(H,17,18,19). The van der Waals surface area contributed by atoms with Gasteiger partial charge in [-0.3, -0.25) is 10.1 Å². The molecule has 0 aliphatic rings. The molecule has 0 atom stereocenters. The second-order valence-corrected chi connectivity index (χ2v) is 6.73. The molecule has 0 fully saturated rings. The molecule has 1 amide bonds. The van der Waals surface area contributed by atoms with E-state index in [-0.39, 0.29) is 5.91 Å². The molecule has 0 radical (unpaired) electrons. The van der Waals surface area contributed by atoms with Crippen LogP contribution >= 0.6 is 22.7 Å². The summed E-state index contributed by atoms with van der Waals surface area (Å²) in [6.07, 6.45) is 0. The fourth-order valence-corrected chi connectivity index (χ4v) is 3.48. The summed E-state index contributed by atoms with van der Waals surface area (Å²) < 4.78 is 5.16. The first-order valence-corrected chi connectivity index (χ1v) is 8.33. The van der Waals surface area contributed by atoms with Crippen LogP contribution < -0.4 is 10.1 Å². The van der Waals surface area contributed by atoms with Gasteiger partial charge in [-0.1, -0.05) is 6.07 Å². The van der Waals surface area contributed by atoms with Gasteiger partial charge in [0.15, 0.2) is 5.13 Å². The lowest BCUT2D eigenvalue weighted by Crippen LogP contribution is -2.09. The van der Waals surface area contributed by atoms with Crippen LogP contribution in [0.25, 0.3) is 11.3 Å². The Balaban J connectivity index is 1.82. The molecule has 0 bridgehead atoms. The Morgan fingerprint density at radius 1 is 1.23 bits per heavy atom. The Labute approximate surface area is 136 Å². The number of thiazole rings is 1. The predicted octanol–water partition coefficient (Wildman–Crippen LogP) is 4.44. The van der Waals surface area contributed by atoms with Gasteiger partial charge in [0.05, 0.1) is 17.7 Å². The van der Waals surface area contributed by atoms with Crippen LogP contribution in [0.4, 0.5) is 5.13 Å². The lowest BCUT2D eigenvalue weighted by Gasteiger charge is -2.01. The van der Waals surface area contributed by atoms with E-state index in [2.05, 4.69) is 10.3 Å². The van der Waals surface area contributed by atoms with Crippen molar-refractivity contribution in [3.05, 3.63) is 51.5 Å². The number of rotatable bonds is 4. The third-order valence-electron chi connectivity index (χ3n) is 3.13. The molecule has 0 spiro atoms. The van der Waals surface area contributed by atoms with E-state index in [1.165, 1.54) is 22.7 Å². The topological polar surface area (TPSA) is 51.2 Å². The van der Waals surface area contributed by atoms with Crippen molar-refractivity contribution in [3.8, 4) is 17.0 Å². The number of thiophene rings is 1. The van der Waals surface area contributed by atoms with Gasteiger partial charge in [-0.2, -0.15) is 0 Å². The number of nitrogens with zero attached hydrogens (tertiary/aromatic N) is 1. The molecule has 1 N–H and O–H groups in total. The summed E-state index contributed by atoms with van der Waals surface area (Å²) in [4.78, 5) is 18.3. The third-order valence-corrected chi connectivity index (χ3v) is 4.88. The first-order valence-electron chi connectivity index (χ1n) is 6.64. The average molecular weight is 330 g/mol. The van der Waals surface area contributed by atoms with Crippen LogP contribution in [-0.2, 0) is 0 Å². The van der Waals surface area contributed by atoms with Crippen molar-refractivity contribution in [2.24, 2.45) is 0 Å². The molecule has 6 heteroatoms. The number of ether oxygens (including phenoxy) is 1. The first-order chi connectivity index (χ1) is 10.7. The number of amides is 1. The highest BCUT2D eigenvalue weighted by Crippen LogP contribution is 2.31. The lowest BCUT2D eigenvalue weighted by molar-refractivity contribution is 0.103. The van der Waals surface area contributed by atoms with Gasteiger partial charge in [0, 0.05) is 10.4 Å². The Bertz CT molecular complexity index is 777. The molecule has 4 nitrogen and oxygen atoms in total. The highest BCUT2D eigenvalue weighted by atomic mass is 32.1. The Kier molecular flexibility index (Phi) is 4.22. The van der Waals surface area contributed by atoms with Crippen molar-refractivity contribution < 1.29 is 9.53 Å². The zero-order valence-electron chi connectivity index (χ0n) is 12.1. The largest absolute Gasteiger partial charge is 0.497 e. The average Bonchev–Trinajstić information content (AvgIpc) is 3.17. The number of hydrogen-bond donors (Lipinski definition) is 1. The number of aryl methyl sites for hydroxylation is 1. The normalized spacial score (nSPS) is 10.5. The molecule has 0 saturated carbocycles. The molecular weight excluding hydrogens is 316 g/mol. The summed E-state index contributed by atoms with van der Waals surface area (Å²) in [5.41, 5.74) is 1.89. The molecule has 2 aromatic heterocycles. The minimum absolute atomic E-state index is 0.120. The smallest absolute Gasteiger partial charge is 0.267 e. The van der Waals surface area contributed by atoms with Crippen LogP contribution in [0.3, 0.4) is 0 Å². The molecule has 3 rings (SSSR count). The van der Waals surface area contributed by atoms with Crippen molar-refractivity contribution in [2.45, 2.75) is 6.92 Å². The SMILES string of the molecule is COc1ccc(-c2nc(NC(=O)c3cccs3)sc2C)cc1. The zero-order valence-corrected chi connectivity index (χ0v) is 13.8. The molecule has 0 aliphatic heterocycles. The van der Waals surface area contributed by atoms with Gasteiger partial charge in [0.2, 0.25) is 0 Å². The monoisotopic (exact) mass is 330 g/mol. The van der Waals surface area contributed by atoms with Gasteiger partial charge in [-0.15, -0.1) is 22.7 Å². The van der Waals surface area contributed by atoms with E-state index in [1.807, 2.05) is 42.6 Å². The zero-order chi connectivity index (χ0) is 15.5. The number of hydrogen-bond acceptors (Lipinski definition) is 5. The summed E-state index contributed by atoms with van der Waals surface area (Å²) >= 11 is 2.89. The van der Waals surface area contributed by atoms with Crippen molar-refractivity contribution >= 4 is 33.7 Å². The van der Waals surface area contributed by atoms with Crippen LogP contribution in [0.1, 0.15) is 14.5 Å². The second kappa shape index (κ2) is 6.29. The number of carbonyl (C=O) groups excluding carboxylic acids is 1. The summed E-state index contributed by atoms with van der Waals surface area (Å²) in [6.45, 7) is 2.00. The van der Waals surface area contributed by atoms with Gasteiger partial charge < -0.3 is 4.74 Å². The number of nitrogens with one attached hydrogen (secondary N) is 1. The summed E-state index contributed by atoms with van der Waals surface area (Å²) in [5, 5.41) is 5.34. The van der Waals surface area contributed by atoms with Crippen molar-refractivity contribution in [2.75, 3.05) is 12.4 Å². The molecule has 22 heavy (non-hydrogen) atoms. The molecule has 0 saturated heterocycles. The van der Waals surface area contributed by atoms with E-state index < -0.39 is 0 Å². The lowest BCUT2D eigenvalue weighted by atomic mass is 10.1. The van der Waals surface area contributed by atoms with E-state index >= 15 is 0 Å². The highest BCUT2D eigenvalue weighted by Gasteiger charge is 2.13. The number of anilines is 1. The Hall–Kier alpha value is -2.18. The summed E-state index contributed by atoms with van der Waals surface area (Å²) in [6, 6.07) is 11.4. The molecule has 1 aromatic carbocycles. The van der Waals surface area contributed by atoms with Crippen molar-refractivity contribution in [3.63, 3.8) is 0 Å². The van der Waals surface area contributed by atoms with Gasteiger partial charge in [0.25, 0.3) is 5.91 Å². The molecule has 2 heterocycles. The molecule has 3 aromatic rings. The molecule has 112 valence electrons. The maximum absolute atomic E-state index is 12.1. The van der Waals surface area contributed by atoms with Crippen LogP contribution in [0.2, 0.25) is 0 Å². The maximum atomic E-state index is 12.1.